The first-order valence-corrected chi connectivity index (χ1v) is 9.95. The third kappa shape index (κ3) is 3.04. The van der Waals surface area contributed by atoms with Crippen molar-refractivity contribution in [1.29, 1.82) is 0 Å². The average molecular weight is 408 g/mol. The molecule has 0 amide bonds. The molecule has 0 aliphatic carbocycles. The van der Waals surface area contributed by atoms with Crippen LogP contribution in [0, 0.1) is 13.8 Å². The van der Waals surface area contributed by atoms with Crippen LogP contribution in [0.5, 0.6) is 0 Å². The lowest BCUT2D eigenvalue weighted by Crippen LogP contribution is -2.04. The molecule has 0 saturated carbocycles. The summed E-state index contributed by atoms with van der Waals surface area (Å²) in [6, 6.07) is 15.8. The molecule has 0 radical (unpaired) electrons. The highest BCUT2D eigenvalue weighted by Gasteiger charge is 2.21. The first kappa shape index (κ1) is 18.9. The van der Waals surface area contributed by atoms with E-state index in [0.717, 1.165) is 44.6 Å². The molecule has 2 aromatic carbocycles. The standard InChI is InChI=1S/C25H20N4O2/c1-15-5-4-6-20-23(15)21(9-12-27-20)29-16(2)28-24-19(25(30)31-3)13-18(14-22(24)29)17-7-10-26-11-8-17/h4-14H,1-3H3. The highest BCUT2D eigenvalue weighted by Crippen LogP contribution is 2.33. The second-order valence-corrected chi connectivity index (χ2v) is 7.41. The molecule has 31 heavy (non-hydrogen) atoms. The maximum Gasteiger partial charge on any atom is 0.340 e. The van der Waals surface area contributed by atoms with Gasteiger partial charge >= 0.3 is 5.97 Å². The number of rotatable bonds is 3. The van der Waals surface area contributed by atoms with Gasteiger partial charge in [-0.05, 0) is 66.9 Å². The second-order valence-electron chi connectivity index (χ2n) is 7.41. The molecule has 152 valence electrons. The lowest BCUT2D eigenvalue weighted by molar-refractivity contribution is 0.0603. The largest absolute Gasteiger partial charge is 0.465 e. The molecule has 3 heterocycles. The lowest BCUT2D eigenvalue weighted by atomic mass is 10.0. The van der Waals surface area contributed by atoms with Gasteiger partial charge in [0.1, 0.15) is 11.3 Å². The highest BCUT2D eigenvalue weighted by atomic mass is 16.5. The van der Waals surface area contributed by atoms with Gasteiger partial charge in [0.25, 0.3) is 0 Å². The van der Waals surface area contributed by atoms with Crippen LogP contribution in [0.25, 0.3) is 38.8 Å². The van der Waals surface area contributed by atoms with Gasteiger partial charge in [-0.1, -0.05) is 12.1 Å². The normalized spacial score (nSPS) is 11.2. The smallest absolute Gasteiger partial charge is 0.340 e. The summed E-state index contributed by atoms with van der Waals surface area (Å²) in [7, 11) is 1.39. The Labute approximate surface area is 179 Å². The lowest BCUT2D eigenvalue weighted by Gasteiger charge is -2.13. The third-order valence-corrected chi connectivity index (χ3v) is 5.54. The van der Waals surface area contributed by atoms with Crippen molar-refractivity contribution in [3.8, 4) is 16.8 Å². The summed E-state index contributed by atoms with van der Waals surface area (Å²) in [6.07, 6.45) is 5.27. The Balaban J connectivity index is 1.89. The van der Waals surface area contributed by atoms with E-state index in [-0.39, 0.29) is 0 Å². The van der Waals surface area contributed by atoms with Crippen LogP contribution in [-0.4, -0.2) is 32.6 Å². The number of imidazole rings is 1. The van der Waals surface area contributed by atoms with E-state index in [1.807, 2.05) is 43.3 Å². The molecule has 0 spiro atoms. The number of esters is 1. The minimum atomic E-state index is -0.415. The fourth-order valence-electron chi connectivity index (χ4n) is 4.12. The van der Waals surface area contributed by atoms with Crippen molar-refractivity contribution < 1.29 is 9.53 Å². The van der Waals surface area contributed by atoms with Gasteiger partial charge in [0, 0.05) is 24.0 Å². The minimum absolute atomic E-state index is 0.415. The Bertz CT molecular complexity index is 1450. The third-order valence-electron chi connectivity index (χ3n) is 5.54. The van der Waals surface area contributed by atoms with Gasteiger partial charge in [-0.2, -0.15) is 0 Å². The summed E-state index contributed by atoms with van der Waals surface area (Å²) in [5, 5.41) is 1.06. The summed E-state index contributed by atoms with van der Waals surface area (Å²) < 4.78 is 7.16. The van der Waals surface area contributed by atoms with Crippen LogP contribution in [0.15, 0.2) is 67.1 Å². The molecule has 0 fully saturated rings. The minimum Gasteiger partial charge on any atom is -0.465 e. The number of hydrogen-bond donors (Lipinski definition) is 0. The maximum absolute atomic E-state index is 12.6. The molecule has 0 saturated heterocycles. The molecule has 0 aliphatic heterocycles. The quantitative estimate of drug-likeness (QED) is 0.391. The number of ether oxygens (including phenoxy) is 1. The Morgan fingerprint density at radius 2 is 1.77 bits per heavy atom. The SMILES string of the molecule is COC(=O)c1cc(-c2ccncc2)cc2c1nc(C)n2-c1ccnc2cccc(C)c12. The molecule has 0 N–H and O–H groups in total. The molecule has 5 aromatic rings. The van der Waals surface area contributed by atoms with E-state index >= 15 is 0 Å². The first-order chi connectivity index (χ1) is 15.1. The number of nitrogens with zero attached hydrogens (tertiary/aromatic N) is 4. The van der Waals surface area contributed by atoms with E-state index in [2.05, 4.69) is 33.6 Å². The van der Waals surface area contributed by atoms with Crippen LogP contribution < -0.4 is 0 Å². The number of carbonyl (C=O) groups excluding carboxylic acids is 1. The highest BCUT2D eigenvalue weighted by molar-refractivity contribution is 6.05. The summed E-state index contributed by atoms with van der Waals surface area (Å²) in [5.74, 6) is 0.365. The number of pyridine rings is 2. The van der Waals surface area contributed by atoms with E-state index in [4.69, 9.17) is 9.72 Å². The van der Waals surface area contributed by atoms with Crippen LogP contribution >= 0.6 is 0 Å². The zero-order chi connectivity index (χ0) is 21.5. The molecule has 6 heteroatoms. The van der Waals surface area contributed by atoms with Gasteiger partial charge in [0.15, 0.2) is 0 Å². The molecular weight excluding hydrogens is 388 g/mol. The van der Waals surface area contributed by atoms with Gasteiger partial charge in [0.05, 0.1) is 29.4 Å². The first-order valence-electron chi connectivity index (χ1n) is 9.95. The predicted molar refractivity (Wildman–Crippen MR) is 120 cm³/mol. The maximum atomic E-state index is 12.6. The second kappa shape index (κ2) is 7.32. The average Bonchev–Trinajstić information content (AvgIpc) is 3.13. The number of methoxy groups -OCH3 is 1. The van der Waals surface area contributed by atoms with Crippen LogP contribution in [0.4, 0.5) is 0 Å². The van der Waals surface area contributed by atoms with Gasteiger partial charge < -0.3 is 4.74 Å². The Morgan fingerprint density at radius 3 is 2.55 bits per heavy atom. The molecule has 0 unspecified atom stereocenters. The zero-order valence-electron chi connectivity index (χ0n) is 17.5. The van der Waals surface area contributed by atoms with E-state index in [9.17, 15) is 4.79 Å². The zero-order valence-corrected chi connectivity index (χ0v) is 17.5. The summed E-state index contributed by atoms with van der Waals surface area (Å²) in [4.78, 5) is 26.0. The summed E-state index contributed by atoms with van der Waals surface area (Å²) >= 11 is 0. The van der Waals surface area contributed by atoms with Gasteiger partial charge in [0.2, 0.25) is 0 Å². The van der Waals surface area contributed by atoms with Crippen LogP contribution in [0.1, 0.15) is 21.7 Å². The van der Waals surface area contributed by atoms with E-state index in [1.54, 1.807) is 18.6 Å². The summed E-state index contributed by atoms with van der Waals surface area (Å²) in [5.41, 5.74) is 6.76. The van der Waals surface area contributed by atoms with Gasteiger partial charge in [-0.25, -0.2) is 9.78 Å². The van der Waals surface area contributed by atoms with E-state index in [0.29, 0.717) is 11.1 Å². The van der Waals surface area contributed by atoms with E-state index in [1.165, 1.54) is 7.11 Å². The van der Waals surface area contributed by atoms with Crippen molar-refractivity contribution in [2.24, 2.45) is 0 Å². The van der Waals surface area contributed by atoms with Crippen molar-refractivity contribution >= 4 is 27.9 Å². The predicted octanol–water partition coefficient (Wildman–Crippen LogP) is 5.04. The fraction of sp³-hybridized carbons (Fsp3) is 0.120. The van der Waals surface area contributed by atoms with Crippen LogP contribution in [0.2, 0.25) is 0 Å². The molecule has 3 aromatic heterocycles. The fourth-order valence-corrected chi connectivity index (χ4v) is 4.12. The summed E-state index contributed by atoms with van der Waals surface area (Å²) in [6.45, 7) is 4.02. The number of aromatic nitrogens is 4. The van der Waals surface area contributed by atoms with Crippen LogP contribution in [0.3, 0.4) is 0 Å². The van der Waals surface area contributed by atoms with Gasteiger partial charge in [-0.3, -0.25) is 14.5 Å². The van der Waals surface area contributed by atoms with Crippen molar-refractivity contribution in [1.82, 2.24) is 19.5 Å². The van der Waals surface area contributed by atoms with E-state index < -0.39 is 5.97 Å². The molecular formula is C25H20N4O2. The number of benzene rings is 2. The molecule has 0 bridgehead atoms. The van der Waals surface area contributed by atoms with Crippen molar-refractivity contribution in [3.63, 3.8) is 0 Å². The van der Waals surface area contributed by atoms with Crippen molar-refractivity contribution in [2.45, 2.75) is 13.8 Å². The molecule has 5 rings (SSSR count). The number of aryl methyl sites for hydroxylation is 2. The molecule has 6 nitrogen and oxygen atoms in total. The topological polar surface area (TPSA) is 69.9 Å². The monoisotopic (exact) mass is 408 g/mol. The Hall–Kier alpha value is -4.06. The van der Waals surface area contributed by atoms with Gasteiger partial charge in [-0.15, -0.1) is 0 Å². The number of hydrogen-bond acceptors (Lipinski definition) is 5. The number of fused-ring (bicyclic) bond motifs is 2. The van der Waals surface area contributed by atoms with Crippen molar-refractivity contribution in [3.05, 3.63) is 84.1 Å². The Kier molecular flexibility index (Phi) is 4.47. The molecule has 0 aliphatic rings. The molecule has 0 atom stereocenters. The van der Waals surface area contributed by atoms with Crippen molar-refractivity contribution in [2.75, 3.05) is 7.11 Å². The Morgan fingerprint density at radius 1 is 0.968 bits per heavy atom. The number of carbonyl (C=O) groups is 1. The van der Waals surface area contributed by atoms with Crippen LogP contribution in [-0.2, 0) is 4.74 Å².